The number of rotatable bonds is 2. The van der Waals surface area contributed by atoms with Gasteiger partial charge in [0.2, 0.25) is 12.0 Å². The van der Waals surface area contributed by atoms with Crippen LogP contribution in [0, 0.1) is 10.1 Å². The number of fused-ring (bicyclic) bond motifs is 1. The van der Waals surface area contributed by atoms with Crippen LogP contribution in [0.1, 0.15) is 30.9 Å². The first-order chi connectivity index (χ1) is 9.60. The van der Waals surface area contributed by atoms with E-state index in [2.05, 4.69) is 15.3 Å². The van der Waals surface area contributed by atoms with Crippen LogP contribution in [0.4, 0.5) is 5.82 Å². The zero-order chi connectivity index (χ0) is 14.3. The molecule has 0 amide bonds. The van der Waals surface area contributed by atoms with Crippen molar-refractivity contribution in [1.29, 1.82) is 0 Å². The molecule has 3 rings (SSSR count). The average molecular weight is 282 g/mol. The monoisotopic (exact) mass is 282 g/mol. The zero-order valence-corrected chi connectivity index (χ0v) is 10.5. The van der Waals surface area contributed by atoms with E-state index in [0.717, 1.165) is 6.42 Å². The number of aromatic nitrogens is 2. The lowest BCUT2D eigenvalue weighted by Gasteiger charge is -2.18. The van der Waals surface area contributed by atoms with Gasteiger partial charge in [-0.3, -0.25) is 10.3 Å². The van der Waals surface area contributed by atoms with Crippen LogP contribution in [0.5, 0.6) is 0 Å². The van der Waals surface area contributed by atoms with E-state index in [1.54, 1.807) is 4.57 Å². The number of imidazole rings is 1. The summed E-state index contributed by atoms with van der Waals surface area (Å²) in [5, 5.41) is 22.5. The molecule has 0 aliphatic carbocycles. The van der Waals surface area contributed by atoms with Crippen LogP contribution in [-0.2, 0) is 4.74 Å². The number of nitrogens with two attached hydrogens (primary N) is 1. The van der Waals surface area contributed by atoms with Crippen molar-refractivity contribution < 1.29 is 14.8 Å². The Bertz CT molecular complexity index is 570. The second kappa shape index (κ2) is 4.81. The van der Waals surface area contributed by atoms with Gasteiger partial charge in [0.15, 0.2) is 5.69 Å². The van der Waals surface area contributed by atoms with E-state index in [0.29, 0.717) is 17.9 Å². The van der Waals surface area contributed by atoms with Crippen LogP contribution in [0.3, 0.4) is 0 Å². The van der Waals surface area contributed by atoms with E-state index in [-0.39, 0.29) is 18.9 Å². The van der Waals surface area contributed by atoms with Crippen molar-refractivity contribution in [3.63, 3.8) is 0 Å². The lowest BCUT2D eigenvalue weighted by Crippen LogP contribution is -2.31. The number of hydrogen-bond acceptors (Lipinski definition) is 8. The molecule has 1 aromatic rings. The maximum absolute atomic E-state index is 10.8. The number of aliphatic imine (C=N–C) groups is 1. The van der Waals surface area contributed by atoms with Crippen molar-refractivity contribution >= 4 is 11.8 Å². The molecule has 3 atom stereocenters. The number of ether oxygens (including phenoxy) is 1. The first kappa shape index (κ1) is 13.0. The normalized spacial score (nSPS) is 28.7. The number of aliphatic hydroxyl groups is 1. The molecule has 108 valence electrons. The van der Waals surface area contributed by atoms with Crippen molar-refractivity contribution in [2.24, 2.45) is 10.7 Å². The predicted molar refractivity (Wildman–Crippen MR) is 67.4 cm³/mol. The van der Waals surface area contributed by atoms with Gasteiger partial charge in [-0.05, 0) is 17.8 Å². The smallest absolute Gasteiger partial charge is 0.394 e. The standard InChI is InChI=1S/C10H14N6O4/c11-8-7-9(14-10(13-8)16(18)19)15(4-12-7)6-2-1-5(3-17)20-6/h4-6,8,17H,1-3,11H2,(H,13,14). The maximum atomic E-state index is 10.8. The zero-order valence-electron chi connectivity index (χ0n) is 10.5. The van der Waals surface area contributed by atoms with E-state index in [1.165, 1.54) is 6.33 Å². The SMILES string of the molecule is NC1N=C([N+](=O)[O-])Nc2c1ncn2C1CCC(CO)O1. The summed E-state index contributed by atoms with van der Waals surface area (Å²) in [7, 11) is 0. The molecule has 3 unspecified atom stereocenters. The molecule has 4 N–H and O–H groups in total. The van der Waals surface area contributed by atoms with Crippen molar-refractivity contribution in [3.8, 4) is 0 Å². The molecule has 1 aromatic heterocycles. The number of aliphatic hydroxyl groups excluding tert-OH is 1. The van der Waals surface area contributed by atoms with E-state index in [9.17, 15) is 10.1 Å². The minimum Gasteiger partial charge on any atom is -0.394 e. The fourth-order valence-electron chi connectivity index (χ4n) is 2.39. The lowest BCUT2D eigenvalue weighted by molar-refractivity contribution is -0.350. The molecule has 10 heteroatoms. The van der Waals surface area contributed by atoms with Crippen LogP contribution < -0.4 is 11.1 Å². The Balaban J connectivity index is 1.89. The highest BCUT2D eigenvalue weighted by atomic mass is 16.6. The van der Waals surface area contributed by atoms with Crippen molar-refractivity contribution in [3.05, 3.63) is 22.1 Å². The summed E-state index contributed by atoms with van der Waals surface area (Å²) in [4.78, 5) is 18.0. The molecule has 3 heterocycles. The van der Waals surface area contributed by atoms with E-state index >= 15 is 0 Å². The Morgan fingerprint density at radius 3 is 3.10 bits per heavy atom. The molecule has 1 saturated heterocycles. The minimum absolute atomic E-state index is 0.0536. The van der Waals surface area contributed by atoms with Crippen molar-refractivity contribution in [2.75, 3.05) is 11.9 Å². The molecule has 0 aromatic carbocycles. The lowest BCUT2D eigenvalue weighted by atomic mass is 10.2. The van der Waals surface area contributed by atoms with Gasteiger partial charge in [-0.1, -0.05) is 4.99 Å². The van der Waals surface area contributed by atoms with E-state index in [1.807, 2.05) is 0 Å². The fourth-order valence-corrected chi connectivity index (χ4v) is 2.39. The fraction of sp³-hybridized carbons (Fsp3) is 0.600. The van der Waals surface area contributed by atoms with Gasteiger partial charge >= 0.3 is 5.96 Å². The largest absolute Gasteiger partial charge is 0.430 e. The predicted octanol–water partition coefficient (Wildman–Crippen LogP) is -0.432. The quantitative estimate of drug-likeness (QED) is 0.493. The number of guanidine groups is 1. The third-order valence-corrected chi connectivity index (χ3v) is 3.37. The van der Waals surface area contributed by atoms with Gasteiger partial charge in [0.1, 0.15) is 12.6 Å². The summed E-state index contributed by atoms with van der Waals surface area (Å²) >= 11 is 0. The number of nitrogens with one attached hydrogen (secondary N) is 1. The Labute approximate surface area is 113 Å². The molecule has 20 heavy (non-hydrogen) atoms. The van der Waals surface area contributed by atoms with Crippen LogP contribution in [0.15, 0.2) is 11.3 Å². The average Bonchev–Trinajstić information content (AvgIpc) is 3.03. The maximum Gasteiger partial charge on any atom is 0.430 e. The summed E-state index contributed by atoms with van der Waals surface area (Å²) in [5.41, 5.74) is 6.19. The highest BCUT2D eigenvalue weighted by molar-refractivity contribution is 5.89. The minimum atomic E-state index is -0.872. The Morgan fingerprint density at radius 2 is 2.45 bits per heavy atom. The van der Waals surface area contributed by atoms with Crippen molar-refractivity contribution in [2.45, 2.75) is 31.3 Å². The molecule has 0 bridgehead atoms. The van der Waals surface area contributed by atoms with E-state index in [4.69, 9.17) is 15.6 Å². The van der Waals surface area contributed by atoms with Crippen LogP contribution in [0.25, 0.3) is 0 Å². The van der Waals surface area contributed by atoms with E-state index < -0.39 is 17.0 Å². The van der Waals surface area contributed by atoms with Crippen molar-refractivity contribution in [1.82, 2.24) is 9.55 Å². The first-order valence-electron chi connectivity index (χ1n) is 6.18. The number of hydrogen-bond donors (Lipinski definition) is 3. The van der Waals surface area contributed by atoms with Crippen LogP contribution >= 0.6 is 0 Å². The molecule has 0 radical (unpaired) electrons. The number of nitrogens with zero attached hydrogens (tertiary/aromatic N) is 4. The summed E-state index contributed by atoms with van der Waals surface area (Å²) in [5.74, 6) is 0.00578. The third-order valence-electron chi connectivity index (χ3n) is 3.37. The summed E-state index contributed by atoms with van der Waals surface area (Å²) in [6.45, 7) is -0.0536. The highest BCUT2D eigenvalue weighted by Gasteiger charge is 2.35. The third kappa shape index (κ3) is 2.03. The topological polar surface area (TPSA) is 141 Å². The summed E-state index contributed by atoms with van der Waals surface area (Å²) in [6, 6.07) is 0. The Hall–Kier alpha value is -2.04. The number of anilines is 1. The molecule has 0 saturated carbocycles. The molecular weight excluding hydrogens is 268 g/mol. The molecule has 1 fully saturated rings. The van der Waals surface area contributed by atoms with Crippen LogP contribution in [-0.4, -0.2) is 38.3 Å². The molecular formula is C10H14N6O4. The van der Waals surface area contributed by atoms with Gasteiger partial charge in [-0.25, -0.2) is 10.3 Å². The summed E-state index contributed by atoms with van der Waals surface area (Å²) in [6.07, 6.45) is 1.50. The summed E-state index contributed by atoms with van der Waals surface area (Å²) < 4.78 is 7.29. The molecule has 0 spiro atoms. The van der Waals surface area contributed by atoms with Gasteiger partial charge in [-0.15, -0.1) is 0 Å². The van der Waals surface area contributed by atoms with Gasteiger partial charge in [-0.2, -0.15) is 0 Å². The second-order valence-corrected chi connectivity index (χ2v) is 4.64. The molecule has 2 aliphatic heterocycles. The first-order valence-corrected chi connectivity index (χ1v) is 6.18. The molecule has 2 aliphatic rings. The molecule has 10 nitrogen and oxygen atoms in total. The van der Waals surface area contributed by atoms with Gasteiger partial charge in [0, 0.05) is 0 Å². The Morgan fingerprint density at radius 1 is 1.65 bits per heavy atom. The van der Waals surface area contributed by atoms with Gasteiger partial charge in [0.05, 0.1) is 12.7 Å². The van der Waals surface area contributed by atoms with Gasteiger partial charge in [0.25, 0.3) is 0 Å². The number of nitro groups is 1. The Kier molecular flexibility index (Phi) is 3.12. The highest BCUT2D eigenvalue weighted by Crippen LogP contribution is 2.34. The second-order valence-electron chi connectivity index (χ2n) is 4.64. The van der Waals surface area contributed by atoms with Crippen LogP contribution in [0.2, 0.25) is 0 Å². The van der Waals surface area contributed by atoms with Gasteiger partial charge < -0.3 is 20.0 Å².